The molecular weight excluding hydrogens is 423 g/mol. The zero-order chi connectivity index (χ0) is 21.9. The number of halogens is 3. The van der Waals surface area contributed by atoms with Gasteiger partial charge in [-0.05, 0) is 30.3 Å². The van der Waals surface area contributed by atoms with Crippen molar-refractivity contribution in [1.82, 2.24) is 15.0 Å². The molecule has 156 valence electrons. The van der Waals surface area contributed by atoms with Crippen molar-refractivity contribution >= 4 is 33.1 Å². The lowest BCUT2D eigenvalue weighted by Gasteiger charge is -2.11. The van der Waals surface area contributed by atoms with E-state index in [9.17, 15) is 26.4 Å². The van der Waals surface area contributed by atoms with Crippen molar-refractivity contribution in [3.05, 3.63) is 66.2 Å². The van der Waals surface area contributed by atoms with Crippen LogP contribution >= 0.6 is 0 Å². The Bertz CT molecular complexity index is 1180. The Morgan fingerprint density at radius 2 is 1.77 bits per heavy atom. The van der Waals surface area contributed by atoms with Crippen LogP contribution in [0.4, 0.5) is 30.5 Å². The molecule has 0 aliphatic carbocycles. The van der Waals surface area contributed by atoms with Crippen LogP contribution < -0.4 is 10.6 Å². The normalized spacial score (nSPS) is 11.7. The topological polar surface area (TPSA) is 114 Å². The average Bonchev–Trinajstić information content (AvgIpc) is 2.67. The standard InChI is InChI=1S/C18H14F3N5O3S/c1-30(28,29)14-5-6-22-10-13(14)25-17(27)11-4-7-23-16(8-11)26-15-3-2-12(9-24-15)18(19,20)21/h2-10H,1H3,(H,25,27)(H,23,24,26). The highest BCUT2D eigenvalue weighted by atomic mass is 32.2. The van der Waals surface area contributed by atoms with Gasteiger partial charge in [0.25, 0.3) is 5.91 Å². The third-order valence-electron chi connectivity index (χ3n) is 3.80. The molecule has 12 heteroatoms. The van der Waals surface area contributed by atoms with E-state index < -0.39 is 27.5 Å². The van der Waals surface area contributed by atoms with Crippen molar-refractivity contribution < 1.29 is 26.4 Å². The Balaban J connectivity index is 1.78. The first-order chi connectivity index (χ1) is 14.0. The molecule has 3 rings (SSSR count). The van der Waals surface area contributed by atoms with Crippen molar-refractivity contribution in [1.29, 1.82) is 0 Å². The summed E-state index contributed by atoms with van der Waals surface area (Å²) in [7, 11) is -3.59. The number of amides is 1. The van der Waals surface area contributed by atoms with Crippen molar-refractivity contribution in [3.8, 4) is 0 Å². The van der Waals surface area contributed by atoms with Crippen LogP contribution in [0.25, 0.3) is 0 Å². The predicted octanol–water partition coefficient (Wildman–Crippen LogP) is 3.29. The van der Waals surface area contributed by atoms with E-state index in [-0.39, 0.29) is 27.8 Å². The van der Waals surface area contributed by atoms with Crippen LogP contribution in [0.5, 0.6) is 0 Å². The summed E-state index contributed by atoms with van der Waals surface area (Å²) in [5, 5.41) is 5.17. The number of rotatable bonds is 5. The molecule has 0 fully saturated rings. The minimum absolute atomic E-state index is 0.0146. The summed E-state index contributed by atoms with van der Waals surface area (Å²) < 4.78 is 61.5. The molecule has 0 aliphatic heterocycles. The molecule has 0 spiro atoms. The number of carbonyl (C=O) groups is 1. The Morgan fingerprint density at radius 1 is 1.00 bits per heavy atom. The van der Waals surface area contributed by atoms with Gasteiger partial charge >= 0.3 is 6.18 Å². The molecule has 0 saturated heterocycles. The average molecular weight is 437 g/mol. The lowest BCUT2D eigenvalue weighted by molar-refractivity contribution is -0.137. The van der Waals surface area contributed by atoms with E-state index in [1.165, 1.54) is 36.8 Å². The van der Waals surface area contributed by atoms with Gasteiger partial charge in [-0.25, -0.2) is 18.4 Å². The molecule has 3 aromatic heterocycles. The number of alkyl halides is 3. The van der Waals surface area contributed by atoms with E-state index in [4.69, 9.17) is 0 Å². The lowest BCUT2D eigenvalue weighted by Crippen LogP contribution is -2.15. The van der Waals surface area contributed by atoms with Crippen LogP contribution in [0.3, 0.4) is 0 Å². The minimum Gasteiger partial charge on any atom is -0.325 e. The van der Waals surface area contributed by atoms with Crippen LogP contribution in [-0.4, -0.2) is 35.5 Å². The van der Waals surface area contributed by atoms with Gasteiger partial charge in [-0.1, -0.05) is 0 Å². The number of nitrogens with one attached hydrogen (secondary N) is 2. The van der Waals surface area contributed by atoms with Crippen molar-refractivity contribution in [2.24, 2.45) is 0 Å². The van der Waals surface area contributed by atoms with Gasteiger partial charge in [0.15, 0.2) is 9.84 Å². The number of hydrogen-bond donors (Lipinski definition) is 2. The van der Waals surface area contributed by atoms with Crippen LogP contribution in [0.1, 0.15) is 15.9 Å². The first kappa shape index (κ1) is 21.2. The quantitative estimate of drug-likeness (QED) is 0.630. The fourth-order valence-electron chi connectivity index (χ4n) is 2.40. The number of hydrogen-bond acceptors (Lipinski definition) is 7. The second-order valence-electron chi connectivity index (χ2n) is 6.08. The van der Waals surface area contributed by atoms with Crippen LogP contribution in [-0.2, 0) is 16.0 Å². The molecular formula is C18H14F3N5O3S. The molecule has 3 heterocycles. The Labute approximate surface area is 169 Å². The summed E-state index contributed by atoms with van der Waals surface area (Å²) in [5.41, 5.74) is -0.754. The molecule has 0 atom stereocenters. The molecule has 0 aromatic carbocycles. The predicted molar refractivity (Wildman–Crippen MR) is 102 cm³/mol. The zero-order valence-electron chi connectivity index (χ0n) is 15.3. The highest BCUT2D eigenvalue weighted by Crippen LogP contribution is 2.29. The van der Waals surface area contributed by atoms with Crippen LogP contribution in [0.15, 0.2) is 60.0 Å². The maximum Gasteiger partial charge on any atom is 0.417 e. The highest BCUT2D eigenvalue weighted by Gasteiger charge is 2.30. The zero-order valence-corrected chi connectivity index (χ0v) is 16.1. The number of anilines is 3. The maximum absolute atomic E-state index is 12.6. The van der Waals surface area contributed by atoms with Crippen molar-refractivity contribution in [2.75, 3.05) is 16.9 Å². The molecule has 0 bridgehead atoms. The van der Waals surface area contributed by atoms with Gasteiger partial charge in [-0.15, -0.1) is 0 Å². The summed E-state index contributed by atoms with van der Waals surface area (Å²) >= 11 is 0. The summed E-state index contributed by atoms with van der Waals surface area (Å²) in [6, 6.07) is 5.98. The first-order valence-corrected chi connectivity index (χ1v) is 10.1. The summed E-state index contributed by atoms with van der Waals surface area (Å²) in [6.45, 7) is 0. The van der Waals surface area contributed by atoms with E-state index >= 15 is 0 Å². The molecule has 3 aromatic rings. The number of sulfone groups is 1. The van der Waals surface area contributed by atoms with Gasteiger partial charge in [-0.3, -0.25) is 9.78 Å². The molecule has 30 heavy (non-hydrogen) atoms. The van der Waals surface area contributed by atoms with E-state index in [1.54, 1.807) is 0 Å². The second kappa shape index (κ2) is 8.06. The van der Waals surface area contributed by atoms with E-state index in [1.807, 2.05) is 0 Å². The smallest absolute Gasteiger partial charge is 0.325 e. The summed E-state index contributed by atoms with van der Waals surface area (Å²) in [5.74, 6) is -0.372. The third kappa shape index (κ3) is 5.08. The number of nitrogens with zero attached hydrogens (tertiary/aromatic N) is 3. The van der Waals surface area contributed by atoms with E-state index in [0.717, 1.165) is 18.4 Å². The molecule has 0 aliphatic rings. The molecule has 2 N–H and O–H groups in total. The summed E-state index contributed by atoms with van der Waals surface area (Å²) in [4.78, 5) is 23.9. The van der Waals surface area contributed by atoms with E-state index in [0.29, 0.717) is 6.20 Å². The highest BCUT2D eigenvalue weighted by molar-refractivity contribution is 7.90. The van der Waals surface area contributed by atoms with Crippen LogP contribution in [0.2, 0.25) is 0 Å². The first-order valence-electron chi connectivity index (χ1n) is 8.26. The molecule has 0 unspecified atom stereocenters. The number of pyridine rings is 3. The SMILES string of the molecule is CS(=O)(=O)c1ccncc1NC(=O)c1ccnc(Nc2ccc(C(F)(F)F)cn2)c1. The Kier molecular flexibility index (Phi) is 5.69. The molecule has 1 amide bonds. The second-order valence-corrected chi connectivity index (χ2v) is 8.07. The Hall–Kier alpha value is -3.54. The van der Waals surface area contributed by atoms with Gasteiger partial charge in [0.2, 0.25) is 0 Å². The fraction of sp³-hybridized carbons (Fsp3) is 0.111. The van der Waals surface area contributed by atoms with Crippen molar-refractivity contribution in [2.45, 2.75) is 11.1 Å². The van der Waals surface area contributed by atoms with Gasteiger partial charge in [0.05, 0.1) is 22.3 Å². The third-order valence-corrected chi connectivity index (χ3v) is 4.95. The summed E-state index contributed by atoms with van der Waals surface area (Å²) in [6.07, 6.45) is 0.983. The minimum atomic E-state index is -4.50. The number of aromatic nitrogens is 3. The maximum atomic E-state index is 12.6. The van der Waals surface area contributed by atoms with E-state index in [2.05, 4.69) is 25.6 Å². The van der Waals surface area contributed by atoms with Gasteiger partial charge in [-0.2, -0.15) is 13.2 Å². The fourth-order valence-corrected chi connectivity index (χ4v) is 3.21. The van der Waals surface area contributed by atoms with Gasteiger partial charge < -0.3 is 10.6 Å². The molecule has 8 nitrogen and oxygen atoms in total. The largest absolute Gasteiger partial charge is 0.417 e. The monoisotopic (exact) mass is 437 g/mol. The molecule has 0 saturated carbocycles. The molecule has 0 radical (unpaired) electrons. The van der Waals surface area contributed by atoms with Crippen LogP contribution in [0, 0.1) is 0 Å². The van der Waals surface area contributed by atoms with Gasteiger partial charge in [0, 0.05) is 30.4 Å². The van der Waals surface area contributed by atoms with Gasteiger partial charge in [0.1, 0.15) is 11.6 Å². The Morgan fingerprint density at radius 3 is 2.40 bits per heavy atom. The number of carbonyl (C=O) groups excluding carboxylic acids is 1. The van der Waals surface area contributed by atoms with Crippen molar-refractivity contribution in [3.63, 3.8) is 0 Å². The lowest BCUT2D eigenvalue weighted by atomic mass is 10.2.